The lowest BCUT2D eigenvalue weighted by Crippen LogP contribution is -2.39. The van der Waals surface area contributed by atoms with Gasteiger partial charge in [-0.1, -0.05) is 70.7 Å². The van der Waals surface area contributed by atoms with Gasteiger partial charge in [0, 0.05) is 16.1 Å². The topological polar surface area (TPSA) is 94.8 Å². The highest BCUT2D eigenvalue weighted by atomic mass is 35.5. The molecule has 0 radical (unpaired) electrons. The number of phenols is 2. The summed E-state index contributed by atoms with van der Waals surface area (Å²) in [6, 6.07) is 11.7. The SMILES string of the molecule is O=S(=O)(O)C(c1cccc(O)c1)(c1cccc(O)c1Cl)c1c(Cl)ccc(Cl)c1Cl. The first-order valence-electron chi connectivity index (χ1n) is 7.90. The van der Waals surface area contributed by atoms with Gasteiger partial charge in [0.2, 0.25) is 0 Å². The Morgan fingerprint density at radius 2 is 1.41 bits per heavy atom. The molecule has 0 fully saturated rings. The van der Waals surface area contributed by atoms with Crippen molar-refractivity contribution in [2.24, 2.45) is 0 Å². The fraction of sp³-hybridized carbons (Fsp3) is 0.0526. The van der Waals surface area contributed by atoms with Gasteiger partial charge in [-0.15, -0.1) is 0 Å². The maximum atomic E-state index is 13.0. The van der Waals surface area contributed by atoms with Crippen molar-refractivity contribution in [2.75, 3.05) is 0 Å². The van der Waals surface area contributed by atoms with Crippen LogP contribution in [0, 0.1) is 0 Å². The highest BCUT2D eigenvalue weighted by Crippen LogP contribution is 2.53. The smallest absolute Gasteiger partial charge is 0.283 e. The van der Waals surface area contributed by atoms with E-state index in [0.29, 0.717) is 0 Å². The summed E-state index contributed by atoms with van der Waals surface area (Å²) < 4.78 is 34.0. The molecule has 0 aliphatic rings. The molecule has 3 aromatic rings. The molecule has 0 saturated heterocycles. The maximum Gasteiger partial charge on any atom is 0.283 e. The van der Waals surface area contributed by atoms with Crippen LogP contribution in [0.2, 0.25) is 20.1 Å². The quantitative estimate of drug-likeness (QED) is 0.239. The summed E-state index contributed by atoms with van der Waals surface area (Å²) in [5, 5.41) is 19.3. The first-order chi connectivity index (χ1) is 13.5. The van der Waals surface area contributed by atoms with E-state index in [9.17, 15) is 23.2 Å². The Morgan fingerprint density at radius 3 is 2.03 bits per heavy atom. The first-order valence-corrected chi connectivity index (χ1v) is 10.9. The molecule has 3 rings (SSSR count). The van der Waals surface area contributed by atoms with Crippen LogP contribution in [-0.2, 0) is 14.9 Å². The molecule has 0 aliphatic carbocycles. The average Bonchev–Trinajstić information content (AvgIpc) is 2.64. The van der Waals surface area contributed by atoms with E-state index in [-0.39, 0.29) is 42.5 Å². The molecule has 0 spiro atoms. The highest BCUT2D eigenvalue weighted by Gasteiger charge is 2.52. The van der Waals surface area contributed by atoms with Gasteiger partial charge in [0.05, 0.1) is 15.1 Å². The second kappa shape index (κ2) is 7.87. The van der Waals surface area contributed by atoms with Crippen molar-refractivity contribution in [3.8, 4) is 11.5 Å². The van der Waals surface area contributed by atoms with Crippen molar-refractivity contribution in [3.05, 3.63) is 91.4 Å². The molecule has 3 aromatic carbocycles. The van der Waals surface area contributed by atoms with Crippen LogP contribution in [0.5, 0.6) is 11.5 Å². The largest absolute Gasteiger partial charge is 0.508 e. The van der Waals surface area contributed by atoms with E-state index in [0.717, 1.165) is 6.07 Å². The predicted octanol–water partition coefficient (Wildman–Crippen LogP) is 5.89. The van der Waals surface area contributed by atoms with E-state index in [4.69, 9.17) is 46.4 Å². The van der Waals surface area contributed by atoms with E-state index >= 15 is 0 Å². The fourth-order valence-corrected chi connectivity index (χ4v) is 5.81. The Labute approximate surface area is 186 Å². The van der Waals surface area contributed by atoms with Crippen LogP contribution in [0.25, 0.3) is 0 Å². The Balaban J connectivity index is 2.68. The normalized spacial score (nSPS) is 13.8. The lowest BCUT2D eigenvalue weighted by Gasteiger charge is -2.34. The Morgan fingerprint density at radius 1 is 0.793 bits per heavy atom. The van der Waals surface area contributed by atoms with Gasteiger partial charge in [0.15, 0.2) is 4.75 Å². The molecule has 0 heterocycles. The fourth-order valence-electron chi connectivity index (χ4n) is 3.22. The molecular formula is C19H12Cl4O5S. The maximum absolute atomic E-state index is 13.0. The van der Waals surface area contributed by atoms with Crippen molar-refractivity contribution in [1.82, 2.24) is 0 Å². The number of hydrogen-bond donors (Lipinski definition) is 3. The summed E-state index contributed by atoms with van der Waals surface area (Å²) in [5.41, 5.74) is -0.647. The number of halogens is 4. The van der Waals surface area contributed by atoms with Crippen molar-refractivity contribution >= 4 is 56.5 Å². The molecule has 0 amide bonds. The van der Waals surface area contributed by atoms with E-state index in [2.05, 4.69) is 0 Å². The third kappa shape index (κ3) is 3.54. The van der Waals surface area contributed by atoms with E-state index in [1.54, 1.807) is 0 Å². The van der Waals surface area contributed by atoms with Crippen LogP contribution in [0.1, 0.15) is 16.7 Å². The number of aromatic hydroxyl groups is 2. The molecule has 0 bridgehead atoms. The third-order valence-corrected chi connectivity index (χ3v) is 7.34. The second-order valence-electron chi connectivity index (χ2n) is 6.06. The average molecular weight is 494 g/mol. The second-order valence-corrected chi connectivity index (χ2v) is 9.20. The Bertz CT molecular complexity index is 1210. The van der Waals surface area contributed by atoms with Crippen molar-refractivity contribution < 1.29 is 23.2 Å². The Kier molecular flexibility index (Phi) is 5.98. The summed E-state index contributed by atoms with van der Waals surface area (Å²) in [6.07, 6.45) is 0. The van der Waals surface area contributed by atoms with Crippen molar-refractivity contribution in [1.29, 1.82) is 0 Å². The van der Waals surface area contributed by atoms with Gasteiger partial charge in [0.1, 0.15) is 11.5 Å². The zero-order valence-corrected chi connectivity index (χ0v) is 18.1. The standard InChI is InChI=1S/C19H12Cl4O5S/c20-13-7-8-14(21)18(23)16(13)19(29(26,27)28,10-3-1-4-11(24)9-10)12-5-2-6-15(25)17(12)22/h1-9,24-25H,(H,26,27,28). The molecule has 5 nitrogen and oxygen atoms in total. The molecule has 0 saturated carbocycles. The molecule has 3 N–H and O–H groups in total. The number of rotatable bonds is 4. The molecule has 1 atom stereocenters. The van der Waals surface area contributed by atoms with Gasteiger partial charge < -0.3 is 10.2 Å². The van der Waals surface area contributed by atoms with Gasteiger partial charge in [-0.3, -0.25) is 4.55 Å². The number of phenolic OH excluding ortho intramolecular Hbond substituents is 2. The van der Waals surface area contributed by atoms with Gasteiger partial charge in [0.25, 0.3) is 10.1 Å². The molecule has 152 valence electrons. The molecular weight excluding hydrogens is 482 g/mol. The monoisotopic (exact) mass is 492 g/mol. The summed E-state index contributed by atoms with van der Waals surface area (Å²) in [5.74, 6) is -0.729. The summed E-state index contributed by atoms with van der Waals surface area (Å²) in [4.78, 5) is 0. The van der Waals surface area contributed by atoms with E-state index < -0.39 is 20.6 Å². The van der Waals surface area contributed by atoms with E-state index in [1.807, 2.05) is 0 Å². The first kappa shape index (κ1) is 22.0. The number of hydrogen-bond acceptors (Lipinski definition) is 4. The minimum Gasteiger partial charge on any atom is -0.508 e. The summed E-state index contributed by atoms with van der Waals surface area (Å²) >= 11 is 25.1. The summed E-state index contributed by atoms with van der Waals surface area (Å²) in [7, 11) is -5.14. The molecule has 0 aromatic heterocycles. The minimum absolute atomic E-state index is 0.0319. The zero-order valence-electron chi connectivity index (χ0n) is 14.3. The van der Waals surface area contributed by atoms with Crippen LogP contribution in [-0.4, -0.2) is 23.2 Å². The zero-order chi connectivity index (χ0) is 21.6. The molecule has 1 unspecified atom stereocenters. The highest BCUT2D eigenvalue weighted by molar-refractivity contribution is 7.87. The third-order valence-electron chi connectivity index (χ3n) is 4.39. The molecule has 29 heavy (non-hydrogen) atoms. The molecule has 0 aliphatic heterocycles. The van der Waals surface area contributed by atoms with Crippen LogP contribution in [0.4, 0.5) is 0 Å². The Hall–Kier alpha value is -1.67. The van der Waals surface area contributed by atoms with Crippen LogP contribution >= 0.6 is 46.4 Å². The van der Waals surface area contributed by atoms with Crippen LogP contribution in [0.3, 0.4) is 0 Å². The predicted molar refractivity (Wildman–Crippen MR) is 114 cm³/mol. The number of benzene rings is 3. The van der Waals surface area contributed by atoms with Crippen molar-refractivity contribution in [2.45, 2.75) is 4.75 Å². The summed E-state index contributed by atoms with van der Waals surface area (Å²) in [6.45, 7) is 0. The lowest BCUT2D eigenvalue weighted by molar-refractivity contribution is 0.455. The van der Waals surface area contributed by atoms with Crippen LogP contribution in [0.15, 0.2) is 54.6 Å². The molecule has 10 heteroatoms. The van der Waals surface area contributed by atoms with Crippen molar-refractivity contribution in [3.63, 3.8) is 0 Å². The van der Waals surface area contributed by atoms with Gasteiger partial charge >= 0.3 is 0 Å². The van der Waals surface area contributed by atoms with E-state index in [1.165, 1.54) is 48.5 Å². The minimum atomic E-state index is -5.14. The van der Waals surface area contributed by atoms with Gasteiger partial charge in [-0.2, -0.15) is 8.42 Å². The van der Waals surface area contributed by atoms with Gasteiger partial charge in [-0.25, -0.2) is 0 Å². The van der Waals surface area contributed by atoms with Gasteiger partial charge in [-0.05, 0) is 35.9 Å². The lowest BCUT2D eigenvalue weighted by atomic mass is 9.83. The van der Waals surface area contributed by atoms with Crippen LogP contribution < -0.4 is 0 Å².